The summed E-state index contributed by atoms with van der Waals surface area (Å²) in [5.74, 6) is 0. The molecule has 4 nitrogen and oxygen atoms in total. The first-order chi connectivity index (χ1) is 14.3. The van der Waals surface area contributed by atoms with Gasteiger partial charge in [0.1, 0.15) is 0 Å². The van der Waals surface area contributed by atoms with Crippen LogP contribution < -0.4 is 4.90 Å². The van der Waals surface area contributed by atoms with Gasteiger partial charge in [-0.3, -0.25) is 0 Å². The molecule has 1 aliphatic heterocycles. The number of hydrogen-bond donors (Lipinski definition) is 0. The Bertz CT molecular complexity index is 1160. The summed E-state index contributed by atoms with van der Waals surface area (Å²) in [6.45, 7) is 5.47. The summed E-state index contributed by atoms with van der Waals surface area (Å²) in [4.78, 5) is 7.15. The molecular weight excluding hydrogens is 459 g/mol. The zero-order valence-electron chi connectivity index (χ0n) is 16.7. The molecule has 0 bridgehead atoms. The van der Waals surface area contributed by atoms with Crippen LogP contribution in [-0.4, -0.2) is 31.7 Å². The van der Waals surface area contributed by atoms with Gasteiger partial charge in [0, 0.05) is 24.0 Å². The van der Waals surface area contributed by atoms with Gasteiger partial charge in [-0.2, -0.15) is 0 Å². The summed E-state index contributed by atoms with van der Waals surface area (Å²) in [5, 5.41) is 2.92. The number of piperidine rings is 1. The van der Waals surface area contributed by atoms with E-state index in [0.29, 0.717) is 25.9 Å². The highest BCUT2D eigenvalue weighted by Crippen LogP contribution is 2.36. The highest BCUT2D eigenvalue weighted by Gasteiger charge is 2.33. The minimum absolute atomic E-state index is 0.111. The maximum atomic E-state index is 13.1. The number of rotatable bonds is 4. The minimum Gasteiger partial charge on any atom is -0.348 e. The molecule has 1 aliphatic rings. The molecule has 1 saturated heterocycles. The van der Waals surface area contributed by atoms with Crippen LogP contribution in [0.3, 0.4) is 0 Å². The van der Waals surface area contributed by atoms with Crippen LogP contribution in [0.4, 0.5) is 5.13 Å². The van der Waals surface area contributed by atoms with E-state index in [1.165, 1.54) is 22.8 Å². The first kappa shape index (κ1) is 21.6. The molecule has 0 atom stereocenters. The molecule has 0 N–H and O–H groups in total. The monoisotopic (exact) mass is 480 g/mol. The predicted octanol–water partition coefficient (Wildman–Crippen LogP) is 6.18. The second-order valence-corrected chi connectivity index (χ2v) is 11.4. The number of benzene rings is 2. The van der Waals surface area contributed by atoms with Gasteiger partial charge < -0.3 is 4.90 Å². The van der Waals surface area contributed by atoms with Gasteiger partial charge in [-0.25, -0.2) is 13.4 Å². The van der Waals surface area contributed by atoms with Crippen molar-refractivity contribution in [2.75, 3.05) is 18.0 Å². The van der Waals surface area contributed by atoms with Crippen molar-refractivity contribution in [3.63, 3.8) is 0 Å². The third kappa shape index (κ3) is 3.98. The number of aryl methyl sites for hydroxylation is 2. The van der Waals surface area contributed by atoms with Crippen molar-refractivity contribution in [2.45, 2.75) is 36.8 Å². The Labute approximate surface area is 191 Å². The smallest absolute Gasteiger partial charge is 0.185 e. The minimum atomic E-state index is -3.53. The maximum Gasteiger partial charge on any atom is 0.185 e. The molecule has 1 fully saturated rings. The molecule has 8 heteroatoms. The highest BCUT2D eigenvalue weighted by molar-refractivity contribution is 7.92. The average molecular weight is 481 g/mol. The van der Waals surface area contributed by atoms with E-state index in [4.69, 9.17) is 28.2 Å². The second-order valence-electron chi connectivity index (χ2n) is 7.57. The van der Waals surface area contributed by atoms with E-state index < -0.39 is 15.1 Å². The third-order valence-corrected chi connectivity index (χ3v) is 9.74. The first-order valence-electron chi connectivity index (χ1n) is 9.74. The van der Waals surface area contributed by atoms with Crippen LogP contribution in [-0.2, 0) is 9.84 Å². The lowest BCUT2D eigenvalue weighted by Gasteiger charge is -2.31. The van der Waals surface area contributed by atoms with E-state index in [2.05, 4.69) is 42.3 Å². The molecule has 0 aliphatic carbocycles. The molecule has 1 aromatic heterocycles. The molecule has 2 aromatic carbocycles. The molecule has 0 spiro atoms. The summed E-state index contributed by atoms with van der Waals surface area (Å²) in [7, 11) is -3.53. The Hall–Kier alpha value is -1.60. The lowest BCUT2D eigenvalue weighted by molar-refractivity contribution is 0.529. The number of halogens is 2. The van der Waals surface area contributed by atoms with Gasteiger partial charge in [-0.05, 0) is 49.9 Å². The molecule has 0 amide bonds. The quantitative estimate of drug-likeness (QED) is 0.447. The van der Waals surface area contributed by atoms with Crippen LogP contribution in [0.25, 0.3) is 11.3 Å². The van der Waals surface area contributed by atoms with E-state index in [0.717, 1.165) is 10.8 Å². The van der Waals surface area contributed by atoms with Gasteiger partial charge in [0.05, 0.1) is 25.9 Å². The first-order valence-corrected chi connectivity index (χ1v) is 12.9. The van der Waals surface area contributed by atoms with E-state index in [9.17, 15) is 8.42 Å². The summed E-state index contributed by atoms with van der Waals surface area (Å²) in [6, 6.07) is 11.0. The van der Waals surface area contributed by atoms with Crippen molar-refractivity contribution >= 4 is 49.5 Å². The molecule has 30 heavy (non-hydrogen) atoms. The van der Waals surface area contributed by atoms with Crippen molar-refractivity contribution in [3.8, 4) is 11.3 Å². The van der Waals surface area contributed by atoms with Gasteiger partial charge >= 0.3 is 0 Å². The molecule has 158 valence electrons. The van der Waals surface area contributed by atoms with E-state index in [-0.39, 0.29) is 14.9 Å². The van der Waals surface area contributed by atoms with Gasteiger partial charge in [-0.1, -0.05) is 47.5 Å². The fourth-order valence-corrected chi connectivity index (χ4v) is 7.35. The number of sulfone groups is 1. The lowest BCUT2D eigenvalue weighted by Crippen LogP contribution is -2.39. The zero-order valence-corrected chi connectivity index (χ0v) is 19.9. The Balaban J connectivity index is 1.50. The van der Waals surface area contributed by atoms with Gasteiger partial charge in [0.2, 0.25) is 0 Å². The van der Waals surface area contributed by atoms with Crippen LogP contribution >= 0.6 is 34.5 Å². The number of nitrogens with zero attached hydrogens (tertiary/aromatic N) is 2. The summed E-state index contributed by atoms with van der Waals surface area (Å²) in [6.07, 6.45) is 1.06. The van der Waals surface area contributed by atoms with Crippen molar-refractivity contribution in [1.82, 2.24) is 4.98 Å². The standard InChI is InChI=1S/C22H22Cl2N2O2S2/c1-14-5-3-6-15(2)20(14)18-13-29-22(25-18)26-11-9-16(10-12-26)30(27,28)19-8-4-7-17(23)21(19)24/h3-8,13,16H,9-12H2,1-2H3. The van der Waals surface area contributed by atoms with Crippen LogP contribution in [0.5, 0.6) is 0 Å². The van der Waals surface area contributed by atoms with Crippen molar-refractivity contribution < 1.29 is 8.42 Å². The Kier molecular flexibility index (Phi) is 6.13. The van der Waals surface area contributed by atoms with Crippen molar-refractivity contribution in [2.24, 2.45) is 0 Å². The number of anilines is 1. The summed E-state index contributed by atoms with van der Waals surface area (Å²) in [5.41, 5.74) is 4.56. The fraction of sp³-hybridized carbons (Fsp3) is 0.318. The zero-order chi connectivity index (χ0) is 21.5. The molecule has 0 unspecified atom stereocenters. The number of hydrogen-bond acceptors (Lipinski definition) is 5. The SMILES string of the molecule is Cc1cccc(C)c1-c1csc(N2CCC(S(=O)(=O)c3cccc(Cl)c3Cl)CC2)n1. The Morgan fingerprint density at radius 2 is 1.67 bits per heavy atom. The fourth-order valence-electron chi connectivity index (χ4n) is 3.98. The molecule has 3 aromatic rings. The molecular formula is C22H22Cl2N2O2S2. The molecule has 0 saturated carbocycles. The van der Waals surface area contributed by atoms with Gasteiger partial charge in [0.15, 0.2) is 15.0 Å². The maximum absolute atomic E-state index is 13.1. The third-order valence-electron chi connectivity index (χ3n) is 5.60. The summed E-state index contributed by atoms with van der Waals surface area (Å²) < 4.78 is 26.2. The van der Waals surface area contributed by atoms with E-state index in [1.807, 2.05) is 0 Å². The van der Waals surface area contributed by atoms with Crippen molar-refractivity contribution in [3.05, 3.63) is 63.0 Å². The van der Waals surface area contributed by atoms with Crippen LogP contribution in [0.1, 0.15) is 24.0 Å². The molecule has 2 heterocycles. The van der Waals surface area contributed by atoms with Crippen LogP contribution in [0.2, 0.25) is 10.0 Å². The Morgan fingerprint density at radius 1 is 1.03 bits per heavy atom. The largest absolute Gasteiger partial charge is 0.348 e. The average Bonchev–Trinajstić information content (AvgIpc) is 3.19. The predicted molar refractivity (Wildman–Crippen MR) is 126 cm³/mol. The normalized spacial score (nSPS) is 15.5. The second kappa shape index (κ2) is 8.50. The van der Waals surface area contributed by atoms with E-state index >= 15 is 0 Å². The topological polar surface area (TPSA) is 50.3 Å². The number of aromatic nitrogens is 1. The van der Waals surface area contributed by atoms with Gasteiger partial charge in [-0.15, -0.1) is 11.3 Å². The van der Waals surface area contributed by atoms with Crippen molar-refractivity contribution in [1.29, 1.82) is 0 Å². The summed E-state index contributed by atoms with van der Waals surface area (Å²) >= 11 is 13.8. The highest BCUT2D eigenvalue weighted by atomic mass is 35.5. The van der Waals surface area contributed by atoms with Crippen LogP contribution in [0, 0.1) is 13.8 Å². The van der Waals surface area contributed by atoms with E-state index in [1.54, 1.807) is 23.5 Å². The number of thiazole rings is 1. The van der Waals surface area contributed by atoms with Crippen LogP contribution in [0.15, 0.2) is 46.7 Å². The Morgan fingerprint density at radius 3 is 2.33 bits per heavy atom. The molecule has 4 rings (SSSR count). The molecule has 0 radical (unpaired) electrons. The van der Waals surface area contributed by atoms with Gasteiger partial charge in [0.25, 0.3) is 0 Å². The lowest BCUT2D eigenvalue weighted by atomic mass is 10.0.